The lowest BCUT2D eigenvalue weighted by molar-refractivity contribution is 0.0791. The molecule has 1 heterocycles. The molecule has 2 unspecified atom stereocenters. The van der Waals surface area contributed by atoms with E-state index in [4.69, 9.17) is 9.47 Å². The summed E-state index contributed by atoms with van der Waals surface area (Å²) in [6.45, 7) is 0.638. The predicted molar refractivity (Wildman–Crippen MR) is 117 cm³/mol. The standard InChI is InChI=1S/C22H27BrFN3O3/c1-27(22(28)15-11-19(29-2)21(23)20(12-15)30-3)10-4-5-17-13-18(26-25-17)14-6-8-16(24)9-7-14/h6-9,11-12,17-18,25-26H,4-5,10,13H2,1-3H3. The number of hydrazine groups is 1. The Labute approximate surface area is 184 Å². The van der Waals surface area contributed by atoms with Gasteiger partial charge in [0, 0.05) is 31.2 Å². The second-order valence-corrected chi connectivity index (χ2v) is 8.18. The molecule has 2 aromatic rings. The Kier molecular flexibility index (Phi) is 7.69. The second-order valence-electron chi connectivity index (χ2n) is 7.39. The van der Waals surface area contributed by atoms with Crippen LogP contribution in [0.25, 0.3) is 0 Å². The summed E-state index contributed by atoms with van der Waals surface area (Å²) in [7, 11) is 4.91. The molecule has 1 saturated heterocycles. The van der Waals surface area contributed by atoms with Crippen molar-refractivity contribution in [2.75, 3.05) is 27.8 Å². The average molecular weight is 480 g/mol. The average Bonchev–Trinajstić information content (AvgIpc) is 3.22. The topological polar surface area (TPSA) is 62.8 Å². The molecule has 162 valence electrons. The number of carbonyl (C=O) groups is 1. The van der Waals surface area contributed by atoms with E-state index in [0.29, 0.717) is 34.1 Å². The molecule has 1 amide bonds. The Balaban J connectivity index is 1.50. The van der Waals surface area contributed by atoms with Gasteiger partial charge in [-0.2, -0.15) is 0 Å². The maximum absolute atomic E-state index is 13.1. The number of hydrogen-bond acceptors (Lipinski definition) is 5. The zero-order valence-electron chi connectivity index (χ0n) is 17.4. The lowest BCUT2D eigenvalue weighted by Crippen LogP contribution is -2.32. The fourth-order valence-electron chi connectivity index (χ4n) is 3.61. The van der Waals surface area contributed by atoms with Crippen molar-refractivity contribution < 1.29 is 18.7 Å². The van der Waals surface area contributed by atoms with E-state index in [1.807, 2.05) is 12.1 Å². The molecule has 6 nitrogen and oxygen atoms in total. The molecule has 8 heteroatoms. The zero-order chi connectivity index (χ0) is 21.7. The molecule has 0 aromatic heterocycles. The van der Waals surface area contributed by atoms with Gasteiger partial charge in [-0.25, -0.2) is 4.39 Å². The van der Waals surface area contributed by atoms with Gasteiger partial charge in [0.15, 0.2) is 0 Å². The highest BCUT2D eigenvalue weighted by Crippen LogP contribution is 2.36. The highest BCUT2D eigenvalue weighted by molar-refractivity contribution is 9.10. The Hall–Kier alpha value is -2.16. The van der Waals surface area contributed by atoms with Crippen LogP contribution in [0.3, 0.4) is 0 Å². The number of rotatable bonds is 8. The van der Waals surface area contributed by atoms with E-state index in [1.165, 1.54) is 12.1 Å². The maximum Gasteiger partial charge on any atom is 0.253 e. The van der Waals surface area contributed by atoms with E-state index in [-0.39, 0.29) is 17.8 Å². The van der Waals surface area contributed by atoms with Gasteiger partial charge in [0.2, 0.25) is 0 Å². The van der Waals surface area contributed by atoms with Crippen molar-refractivity contribution >= 4 is 21.8 Å². The van der Waals surface area contributed by atoms with Gasteiger partial charge in [0.05, 0.1) is 14.2 Å². The molecule has 1 aliphatic rings. The first-order valence-corrected chi connectivity index (χ1v) is 10.7. The van der Waals surface area contributed by atoms with Crippen LogP contribution < -0.4 is 20.3 Å². The molecule has 0 aliphatic carbocycles. The molecular weight excluding hydrogens is 453 g/mol. The monoisotopic (exact) mass is 479 g/mol. The van der Waals surface area contributed by atoms with Gasteiger partial charge in [0.25, 0.3) is 5.91 Å². The van der Waals surface area contributed by atoms with Gasteiger partial charge in [-0.05, 0) is 65.0 Å². The lowest BCUT2D eigenvalue weighted by Gasteiger charge is -2.19. The summed E-state index contributed by atoms with van der Waals surface area (Å²) in [6.07, 6.45) is 2.71. The summed E-state index contributed by atoms with van der Waals surface area (Å²) in [5.74, 6) is 0.800. The number of amides is 1. The van der Waals surface area contributed by atoms with Crippen LogP contribution in [0, 0.1) is 5.82 Å². The van der Waals surface area contributed by atoms with Crippen molar-refractivity contribution in [1.29, 1.82) is 0 Å². The summed E-state index contributed by atoms with van der Waals surface area (Å²) in [5, 5.41) is 0. The number of nitrogens with zero attached hydrogens (tertiary/aromatic N) is 1. The number of halogens is 2. The van der Waals surface area contributed by atoms with Crippen molar-refractivity contribution in [2.45, 2.75) is 31.3 Å². The van der Waals surface area contributed by atoms with Crippen LogP contribution in [0.1, 0.15) is 41.2 Å². The van der Waals surface area contributed by atoms with Crippen molar-refractivity contribution in [1.82, 2.24) is 15.8 Å². The second kappa shape index (κ2) is 10.2. The molecule has 2 aromatic carbocycles. The molecule has 1 fully saturated rings. The Morgan fingerprint density at radius 2 is 1.80 bits per heavy atom. The summed E-state index contributed by atoms with van der Waals surface area (Å²) >= 11 is 3.42. The minimum absolute atomic E-state index is 0.0826. The van der Waals surface area contributed by atoms with E-state index in [1.54, 1.807) is 38.3 Å². The van der Waals surface area contributed by atoms with Gasteiger partial charge in [-0.15, -0.1) is 0 Å². The predicted octanol–water partition coefficient (Wildman–Crippen LogP) is 4.07. The summed E-state index contributed by atoms with van der Waals surface area (Å²) in [6, 6.07) is 10.5. The quantitative estimate of drug-likeness (QED) is 0.597. The van der Waals surface area contributed by atoms with E-state index in [0.717, 1.165) is 24.8 Å². The molecule has 30 heavy (non-hydrogen) atoms. The van der Waals surface area contributed by atoms with Crippen molar-refractivity contribution in [3.63, 3.8) is 0 Å². The van der Waals surface area contributed by atoms with E-state index in [9.17, 15) is 9.18 Å². The Bertz CT molecular complexity index is 853. The SMILES string of the molecule is COc1cc(C(=O)N(C)CCCC2CC(c3ccc(F)cc3)NN2)cc(OC)c1Br. The highest BCUT2D eigenvalue weighted by atomic mass is 79.9. The lowest BCUT2D eigenvalue weighted by atomic mass is 9.99. The van der Waals surface area contributed by atoms with Gasteiger partial charge in [-0.1, -0.05) is 12.1 Å². The third kappa shape index (κ3) is 5.30. The molecular formula is C22H27BrFN3O3. The van der Waals surface area contributed by atoms with E-state index in [2.05, 4.69) is 26.8 Å². The molecule has 3 rings (SSSR count). The van der Waals surface area contributed by atoms with Crippen LogP contribution >= 0.6 is 15.9 Å². The van der Waals surface area contributed by atoms with Crippen molar-refractivity contribution in [2.24, 2.45) is 0 Å². The molecule has 0 saturated carbocycles. The number of ether oxygens (including phenoxy) is 2. The van der Waals surface area contributed by atoms with Gasteiger partial charge in [0.1, 0.15) is 21.8 Å². The van der Waals surface area contributed by atoms with E-state index >= 15 is 0 Å². The number of methoxy groups -OCH3 is 2. The van der Waals surface area contributed by atoms with Gasteiger partial charge in [-0.3, -0.25) is 15.6 Å². The van der Waals surface area contributed by atoms with E-state index < -0.39 is 0 Å². The zero-order valence-corrected chi connectivity index (χ0v) is 19.0. The number of benzene rings is 2. The van der Waals surface area contributed by atoms with Crippen LogP contribution in [-0.4, -0.2) is 44.7 Å². The molecule has 2 atom stereocenters. The first kappa shape index (κ1) is 22.5. The molecule has 2 N–H and O–H groups in total. The summed E-state index contributed by atoms with van der Waals surface area (Å²) < 4.78 is 24.4. The summed E-state index contributed by atoms with van der Waals surface area (Å²) in [4.78, 5) is 14.5. The smallest absolute Gasteiger partial charge is 0.253 e. The molecule has 0 radical (unpaired) electrons. The molecule has 1 aliphatic heterocycles. The third-order valence-corrected chi connectivity index (χ3v) is 6.12. The fourth-order valence-corrected chi connectivity index (χ4v) is 4.17. The first-order valence-electron chi connectivity index (χ1n) is 9.86. The summed E-state index contributed by atoms with van der Waals surface area (Å²) in [5.41, 5.74) is 8.17. The Morgan fingerprint density at radius 3 is 2.40 bits per heavy atom. The third-order valence-electron chi connectivity index (χ3n) is 5.34. The van der Waals surface area contributed by atoms with Gasteiger partial charge >= 0.3 is 0 Å². The maximum atomic E-state index is 13.1. The first-order chi connectivity index (χ1) is 14.4. The van der Waals surface area contributed by atoms with Crippen LogP contribution in [0.4, 0.5) is 4.39 Å². The van der Waals surface area contributed by atoms with Crippen molar-refractivity contribution in [3.05, 3.63) is 57.8 Å². The number of carbonyl (C=O) groups excluding carboxylic acids is 1. The van der Waals surface area contributed by atoms with Gasteiger partial charge < -0.3 is 14.4 Å². The number of hydrogen-bond donors (Lipinski definition) is 2. The van der Waals surface area contributed by atoms with Crippen LogP contribution in [0.2, 0.25) is 0 Å². The minimum Gasteiger partial charge on any atom is -0.495 e. The van der Waals surface area contributed by atoms with Crippen LogP contribution in [-0.2, 0) is 0 Å². The van der Waals surface area contributed by atoms with Crippen LogP contribution in [0.5, 0.6) is 11.5 Å². The Morgan fingerprint density at radius 1 is 1.17 bits per heavy atom. The van der Waals surface area contributed by atoms with Crippen LogP contribution in [0.15, 0.2) is 40.9 Å². The molecule has 0 spiro atoms. The number of nitrogens with one attached hydrogen (secondary N) is 2. The highest BCUT2D eigenvalue weighted by Gasteiger charge is 2.25. The fraction of sp³-hybridized carbons (Fsp3) is 0.409. The van der Waals surface area contributed by atoms with Crippen molar-refractivity contribution in [3.8, 4) is 11.5 Å². The molecule has 0 bridgehead atoms. The minimum atomic E-state index is -0.227. The normalized spacial score (nSPS) is 18.3. The largest absolute Gasteiger partial charge is 0.495 e.